The van der Waals surface area contributed by atoms with Gasteiger partial charge in [0, 0.05) is 6.42 Å². The highest BCUT2D eigenvalue weighted by molar-refractivity contribution is 5.79. The van der Waals surface area contributed by atoms with E-state index in [1.807, 2.05) is 0 Å². The van der Waals surface area contributed by atoms with Gasteiger partial charge in [0.05, 0.1) is 18.2 Å². The van der Waals surface area contributed by atoms with Crippen LogP contribution in [-0.4, -0.2) is 18.6 Å². The first-order chi connectivity index (χ1) is 8.32. The summed E-state index contributed by atoms with van der Waals surface area (Å²) in [5.41, 5.74) is 9.38. The molecule has 1 unspecified atom stereocenters. The third-order valence-corrected chi connectivity index (χ3v) is 2.24. The molecule has 0 fully saturated rings. The highest BCUT2D eigenvalue weighted by atomic mass is 19.4. The highest BCUT2D eigenvalue weighted by Crippen LogP contribution is 2.35. The van der Waals surface area contributed by atoms with E-state index >= 15 is 0 Å². The Bertz CT molecular complexity index is 421. The molecule has 0 aliphatic heterocycles. The molecule has 4 nitrogen and oxygen atoms in total. The Morgan fingerprint density at radius 1 is 1.33 bits per heavy atom. The third-order valence-electron chi connectivity index (χ3n) is 2.24. The maximum Gasteiger partial charge on any atom is 0.419 e. The summed E-state index contributed by atoms with van der Waals surface area (Å²) in [5.74, 6) is -1.01. The predicted molar refractivity (Wildman–Crippen MR) is 58.7 cm³/mol. The van der Waals surface area contributed by atoms with Crippen LogP contribution in [-0.2, 0) is 11.0 Å². The Balaban J connectivity index is 2.66. The van der Waals surface area contributed by atoms with Crippen LogP contribution < -0.4 is 16.2 Å². The first-order valence-electron chi connectivity index (χ1n) is 5.16. The largest absolute Gasteiger partial charge is 0.493 e. The summed E-state index contributed by atoms with van der Waals surface area (Å²) in [5, 5.41) is 0. The summed E-state index contributed by atoms with van der Waals surface area (Å²) in [7, 11) is 0. The molecular weight excluding hydrogens is 249 g/mol. The van der Waals surface area contributed by atoms with Crippen molar-refractivity contribution in [2.75, 3.05) is 6.61 Å². The molecular formula is C11H13F3N2O2. The van der Waals surface area contributed by atoms with Crippen LogP contribution in [0.25, 0.3) is 0 Å². The quantitative estimate of drug-likeness (QED) is 0.839. The predicted octanol–water partition coefficient (Wildman–Crippen LogP) is 1.29. The number of hydrogen-bond acceptors (Lipinski definition) is 3. The van der Waals surface area contributed by atoms with Gasteiger partial charge in [-0.1, -0.05) is 12.1 Å². The lowest BCUT2D eigenvalue weighted by Gasteiger charge is -2.14. The minimum Gasteiger partial charge on any atom is -0.493 e. The fourth-order valence-corrected chi connectivity index (χ4v) is 1.26. The molecule has 4 N–H and O–H groups in total. The Morgan fingerprint density at radius 2 is 1.94 bits per heavy atom. The number of nitrogens with two attached hydrogens (primary N) is 2. The molecule has 1 atom stereocenters. The van der Waals surface area contributed by atoms with Crippen LogP contribution in [0.3, 0.4) is 0 Å². The molecule has 1 aromatic rings. The van der Waals surface area contributed by atoms with Gasteiger partial charge < -0.3 is 16.2 Å². The summed E-state index contributed by atoms with van der Waals surface area (Å²) < 4.78 is 42.7. The molecule has 0 saturated carbocycles. The minimum absolute atomic E-state index is 0.0571. The van der Waals surface area contributed by atoms with Gasteiger partial charge in [-0.25, -0.2) is 0 Å². The second kappa shape index (κ2) is 5.72. The fourth-order valence-electron chi connectivity index (χ4n) is 1.26. The number of carbonyl (C=O) groups is 1. The van der Waals surface area contributed by atoms with Crippen LogP contribution >= 0.6 is 0 Å². The standard InChI is InChI=1S/C11H13F3N2O2/c12-11(13,14)7-3-1-2-4-9(7)18-6-5-8(15)10(16)17/h1-4,8H,5-6,15H2,(H2,16,17). The number of para-hydroxylation sites is 1. The van der Waals surface area contributed by atoms with E-state index in [2.05, 4.69) is 0 Å². The van der Waals surface area contributed by atoms with Gasteiger partial charge in [-0.2, -0.15) is 13.2 Å². The van der Waals surface area contributed by atoms with E-state index in [4.69, 9.17) is 16.2 Å². The van der Waals surface area contributed by atoms with Crippen molar-refractivity contribution in [3.8, 4) is 5.75 Å². The summed E-state index contributed by atoms with van der Waals surface area (Å²) in [4.78, 5) is 10.6. The molecule has 0 heterocycles. The Labute approximate surface area is 102 Å². The van der Waals surface area contributed by atoms with Crippen molar-refractivity contribution < 1.29 is 22.7 Å². The molecule has 0 saturated heterocycles. The fraction of sp³-hybridized carbons (Fsp3) is 0.364. The van der Waals surface area contributed by atoms with Crippen LogP contribution in [0.15, 0.2) is 24.3 Å². The molecule has 0 aliphatic carbocycles. The van der Waals surface area contributed by atoms with Crippen molar-refractivity contribution in [2.45, 2.75) is 18.6 Å². The van der Waals surface area contributed by atoms with Crippen molar-refractivity contribution >= 4 is 5.91 Å². The molecule has 0 aliphatic rings. The van der Waals surface area contributed by atoms with Crippen LogP contribution in [0, 0.1) is 0 Å². The van der Waals surface area contributed by atoms with E-state index in [0.29, 0.717) is 0 Å². The van der Waals surface area contributed by atoms with E-state index in [1.54, 1.807) is 0 Å². The lowest BCUT2D eigenvalue weighted by Crippen LogP contribution is -2.37. The normalized spacial score (nSPS) is 13.1. The summed E-state index contributed by atoms with van der Waals surface area (Å²) in [6, 6.07) is 3.90. The van der Waals surface area contributed by atoms with Gasteiger partial charge in [-0.15, -0.1) is 0 Å². The highest BCUT2D eigenvalue weighted by Gasteiger charge is 2.33. The van der Waals surface area contributed by atoms with Crippen molar-refractivity contribution in [3.63, 3.8) is 0 Å². The van der Waals surface area contributed by atoms with E-state index in [9.17, 15) is 18.0 Å². The number of alkyl halides is 3. The molecule has 1 aromatic carbocycles. The molecule has 0 spiro atoms. The number of hydrogen-bond donors (Lipinski definition) is 2. The van der Waals surface area contributed by atoms with E-state index in [0.717, 1.165) is 6.07 Å². The average molecular weight is 262 g/mol. The number of amides is 1. The van der Waals surface area contributed by atoms with Crippen molar-refractivity contribution in [1.82, 2.24) is 0 Å². The number of rotatable bonds is 5. The lowest BCUT2D eigenvalue weighted by atomic mass is 10.2. The molecule has 7 heteroatoms. The van der Waals surface area contributed by atoms with Gasteiger partial charge >= 0.3 is 6.18 Å². The van der Waals surface area contributed by atoms with Gasteiger partial charge in [0.2, 0.25) is 5.91 Å². The van der Waals surface area contributed by atoms with Crippen LogP contribution in [0.2, 0.25) is 0 Å². The lowest BCUT2D eigenvalue weighted by molar-refractivity contribution is -0.139. The first-order valence-corrected chi connectivity index (χ1v) is 5.16. The first kappa shape index (κ1) is 14.3. The van der Waals surface area contributed by atoms with Crippen molar-refractivity contribution in [3.05, 3.63) is 29.8 Å². The van der Waals surface area contributed by atoms with Crippen molar-refractivity contribution in [2.24, 2.45) is 11.5 Å². The molecule has 1 amide bonds. The van der Waals surface area contributed by atoms with Crippen LogP contribution in [0.4, 0.5) is 13.2 Å². The molecule has 18 heavy (non-hydrogen) atoms. The number of halogens is 3. The van der Waals surface area contributed by atoms with Gasteiger partial charge in [-0.05, 0) is 12.1 Å². The van der Waals surface area contributed by atoms with E-state index in [1.165, 1.54) is 18.2 Å². The SMILES string of the molecule is NC(=O)C(N)CCOc1ccccc1C(F)(F)F. The number of primary amides is 1. The molecule has 0 aromatic heterocycles. The topological polar surface area (TPSA) is 78.3 Å². The second-order valence-electron chi connectivity index (χ2n) is 3.64. The zero-order valence-electron chi connectivity index (χ0n) is 9.41. The molecule has 1 rings (SSSR count). The number of benzene rings is 1. The maximum absolute atomic E-state index is 12.6. The molecule has 100 valence electrons. The Kier molecular flexibility index (Phi) is 4.55. The third kappa shape index (κ3) is 3.92. The smallest absolute Gasteiger partial charge is 0.419 e. The molecule has 0 radical (unpaired) electrons. The summed E-state index contributed by atoms with van der Waals surface area (Å²) >= 11 is 0. The maximum atomic E-state index is 12.6. The molecule has 0 bridgehead atoms. The second-order valence-corrected chi connectivity index (χ2v) is 3.64. The van der Waals surface area contributed by atoms with E-state index < -0.39 is 23.7 Å². The minimum atomic E-state index is -4.48. The summed E-state index contributed by atoms with van der Waals surface area (Å²) in [6.45, 7) is -0.114. The van der Waals surface area contributed by atoms with Crippen LogP contribution in [0.5, 0.6) is 5.75 Å². The number of carbonyl (C=O) groups excluding carboxylic acids is 1. The average Bonchev–Trinajstić information content (AvgIpc) is 2.28. The van der Waals surface area contributed by atoms with Gasteiger partial charge in [0.25, 0.3) is 0 Å². The van der Waals surface area contributed by atoms with Gasteiger partial charge in [-0.3, -0.25) is 4.79 Å². The summed E-state index contributed by atoms with van der Waals surface area (Å²) in [6.07, 6.45) is -4.43. The Hall–Kier alpha value is -1.76. The van der Waals surface area contributed by atoms with Crippen molar-refractivity contribution in [1.29, 1.82) is 0 Å². The van der Waals surface area contributed by atoms with Gasteiger partial charge in [0.15, 0.2) is 0 Å². The Morgan fingerprint density at radius 3 is 2.50 bits per heavy atom. The van der Waals surface area contributed by atoms with Crippen LogP contribution in [0.1, 0.15) is 12.0 Å². The zero-order valence-corrected chi connectivity index (χ0v) is 9.41. The van der Waals surface area contributed by atoms with Gasteiger partial charge in [0.1, 0.15) is 5.75 Å². The van der Waals surface area contributed by atoms with E-state index in [-0.39, 0.29) is 18.8 Å². The monoisotopic (exact) mass is 262 g/mol. The number of ether oxygens (including phenoxy) is 1. The zero-order chi connectivity index (χ0) is 13.8.